The van der Waals surface area contributed by atoms with Crippen LogP contribution in [0.4, 0.5) is 5.82 Å². The van der Waals surface area contributed by atoms with Gasteiger partial charge in [-0.1, -0.05) is 0 Å². The van der Waals surface area contributed by atoms with Crippen LogP contribution >= 0.6 is 0 Å². The molecule has 10 heavy (non-hydrogen) atoms. The second-order valence-corrected chi connectivity index (χ2v) is 3.07. The molecule has 0 aliphatic heterocycles. The summed E-state index contributed by atoms with van der Waals surface area (Å²) in [5.41, 5.74) is 5.38. The van der Waals surface area contributed by atoms with Crippen LogP contribution in [-0.2, 0) is 10.8 Å². The predicted octanol–water partition coefficient (Wildman–Crippen LogP) is -0.204. The minimum atomic E-state index is -1.09. The second-order valence-electron chi connectivity index (χ2n) is 1.73. The normalized spacial score (nSPS) is 12.9. The molecule has 0 amide bonds. The van der Waals surface area contributed by atoms with E-state index in [-0.39, 0.29) is 5.82 Å². The molecule has 0 saturated heterocycles. The van der Waals surface area contributed by atoms with E-state index < -0.39 is 10.8 Å². The van der Waals surface area contributed by atoms with Crippen LogP contribution in [0.25, 0.3) is 0 Å². The van der Waals surface area contributed by atoms with E-state index in [9.17, 15) is 4.21 Å². The first-order chi connectivity index (χ1) is 4.72. The lowest BCUT2D eigenvalue weighted by atomic mass is 10.6. The first kappa shape index (κ1) is 7.14. The molecule has 1 rings (SSSR count). The molecule has 0 spiro atoms. The zero-order chi connectivity index (χ0) is 7.56. The first-order valence-electron chi connectivity index (χ1n) is 2.60. The van der Waals surface area contributed by atoms with Crippen molar-refractivity contribution in [2.75, 3.05) is 12.0 Å². The molecule has 4 nitrogen and oxygen atoms in total. The molecule has 0 aliphatic rings. The van der Waals surface area contributed by atoms with E-state index in [0.717, 1.165) is 0 Å². The third-order valence-corrected chi connectivity index (χ3v) is 1.95. The number of hydrogen-bond acceptors (Lipinski definition) is 4. The highest BCUT2D eigenvalue weighted by Gasteiger charge is 2.01. The van der Waals surface area contributed by atoms with Crippen LogP contribution in [0.2, 0.25) is 0 Å². The smallest absolute Gasteiger partial charge is 0.143 e. The lowest BCUT2D eigenvalue weighted by Crippen LogP contribution is -1.99. The second kappa shape index (κ2) is 2.74. The summed E-state index contributed by atoms with van der Waals surface area (Å²) in [6, 6.07) is 0. The summed E-state index contributed by atoms with van der Waals surface area (Å²) in [7, 11) is -1.09. The van der Waals surface area contributed by atoms with Crippen LogP contribution in [0.15, 0.2) is 17.4 Å². The number of rotatable bonds is 1. The van der Waals surface area contributed by atoms with Gasteiger partial charge in [-0.05, 0) is 0 Å². The minimum Gasteiger partial charge on any atom is -0.383 e. The van der Waals surface area contributed by atoms with Gasteiger partial charge in [-0.3, -0.25) is 4.21 Å². The highest BCUT2D eigenvalue weighted by molar-refractivity contribution is 7.84. The number of anilines is 1. The fraction of sp³-hybridized carbons (Fsp3) is 0.200. The van der Waals surface area contributed by atoms with Crippen molar-refractivity contribution >= 4 is 16.6 Å². The van der Waals surface area contributed by atoms with Gasteiger partial charge in [-0.15, -0.1) is 0 Å². The van der Waals surface area contributed by atoms with Crippen molar-refractivity contribution in [2.24, 2.45) is 0 Å². The highest BCUT2D eigenvalue weighted by atomic mass is 32.2. The van der Waals surface area contributed by atoms with Gasteiger partial charge in [0, 0.05) is 12.5 Å². The summed E-state index contributed by atoms with van der Waals surface area (Å²) in [6.45, 7) is 0. The first-order valence-corrected chi connectivity index (χ1v) is 4.16. The maximum atomic E-state index is 10.8. The SMILES string of the molecule is CS(=O)c1cncnc1N. The van der Waals surface area contributed by atoms with E-state index in [2.05, 4.69) is 9.97 Å². The van der Waals surface area contributed by atoms with Crippen LogP contribution < -0.4 is 5.73 Å². The van der Waals surface area contributed by atoms with Gasteiger partial charge in [0.2, 0.25) is 0 Å². The Labute approximate surface area is 60.9 Å². The molecule has 0 bridgehead atoms. The third kappa shape index (κ3) is 1.30. The maximum absolute atomic E-state index is 10.8. The van der Waals surface area contributed by atoms with Crippen LogP contribution in [0.5, 0.6) is 0 Å². The van der Waals surface area contributed by atoms with Crippen molar-refractivity contribution in [3.8, 4) is 0 Å². The molecular formula is C5H7N3OS. The summed E-state index contributed by atoms with van der Waals surface area (Å²) >= 11 is 0. The summed E-state index contributed by atoms with van der Waals surface area (Å²) in [4.78, 5) is 7.85. The van der Waals surface area contributed by atoms with Crippen molar-refractivity contribution in [1.82, 2.24) is 9.97 Å². The molecule has 0 fully saturated rings. The molecule has 2 N–H and O–H groups in total. The van der Waals surface area contributed by atoms with E-state index in [1.807, 2.05) is 0 Å². The zero-order valence-corrected chi connectivity index (χ0v) is 6.26. The van der Waals surface area contributed by atoms with Gasteiger partial charge >= 0.3 is 0 Å². The van der Waals surface area contributed by atoms with Gasteiger partial charge in [0.05, 0.1) is 15.7 Å². The van der Waals surface area contributed by atoms with Crippen molar-refractivity contribution in [3.05, 3.63) is 12.5 Å². The molecule has 1 atom stereocenters. The lowest BCUT2D eigenvalue weighted by molar-refractivity contribution is 0.686. The lowest BCUT2D eigenvalue weighted by Gasteiger charge is -1.96. The average molecular weight is 157 g/mol. The topological polar surface area (TPSA) is 68.9 Å². The zero-order valence-electron chi connectivity index (χ0n) is 5.44. The number of nitrogens with zero attached hydrogens (tertiary/aromatic N) is 2. The molecule has 0 radical (unpaired) electrons. The third-order valence-electron chi connectivity index (χ3n) is 1.02. The standard InChI is InChI=1S/C5H7N3OS/c1-10(9)4-2-7-3-8-5(4)6/h2-3H,1H3,(H2,6,7,8). The predicted molar refractivity (Wildman–Crippen MR) is 38.8 cm³/mol. The number of hydrogen-bond donors (Lipinski definition) is 1. The van der Waals surface area contributed by atoms with Crippen molar-refractivity contribution < 1.29 is 4.21 Å². The van der Waals surface area contributed by atoms with Gasteiger partial charge in [0.1, 0.15) is 12.1 Å². The van der Waals surface area contributed by atoms with Crippen molar-refractivity contribution in [2.45, 2.75) is 4.90 Å². The van der Waals surface area contributed by atoms with Crippen molar-refractivity contribution in [1.29, 1.82) is 0 Å². The molecular weight excluding hydrogens is 150 g/mol. The molecule has 1 heterocycles. The molecule has 1 aromatic rings. The Morgan fingerprint density at radius 2 is 2.40 bits per heavy atom. The molecule has 0 saturated carbocycles. The molecule has 1 unspecified atom stereocenters. The number of nitrogens with two attached hydrogens (primary N) is 1. The Hall–Kier alpha value is -0.970. The monoisotopic (exact) mass is 157 g/mol. The Bertz CT molecular complexity index is 263. The Morgan fingerprint density at radius 1 is 1.70 bits per heavy atom. The number of nitrogen functional groups attached to an aromatic ring is 1. The Kier molecular flexibility index (Phi) is 1.96. The molecule has 54 valence electrons. The highest BCUT2D eigenvalue weighted by Crippen LogP contribution is 2.07. The summed E-state index contributed by atoms with van der Waals surface area (Å²) in [5.74, 6) is 0.288. The number of aromatic nitrogens is 2. The van der Waals surface area contributed by atoms with Crippen LogP contribution in [-0.4, -0.2) is 20.4 Å². The van der Waals surface area contributed by atoms with Gasteiger partial charge in [0.25, 0.3) is 0 Å². The molecule has 0 aliphatic carbocycles. The molecule has 5 heteroatoms. The van der Waals surface area contributed by atoms with Crippen LogP contribution in [0.1, 0.15) is 0 Å². The van der Waals surface area contributed by atoms with E-state index in [4.69, 9.17) is 5.73 Å². The fourth-order valence-corrected chi connectivity index (χ4v) is 1.10. The summed E-state index contributed by atoms with van der Waals surface area (Å²) < 4.78 is 10.8. The maximum Gasteiger partial charge on any atom is 0.143 e. The van der Waals surface area contributed by atoms with Gasteiger partial charge in [-0.25, -0.2) is 9.97 Å². The summed E-state index contributed by atoms with van der Waals surface area (Å²) in [6.07, 6.45) is 4.32. The van der Waals surface area contributed by atoms with E-state index in [1.54, 1.807) is 0 Å². The van der Waals surface area contributed by atoms with Crippen LogP contribution in [0, 0.1) is 0 Å². The summed E-state index contributed by atoms with van der Waals surface area (Å²) in [5, 5.41) is 0. The van der Waals surface area contributed by atoms with Crippen molar-refractivity contribution in [3.63, 3.8) is 0 Å². The van der Waals surface area contributed by atoms with E-state index >= 15 is 0 Å². The average Bonchev–Trinajstić information content (AvgIpc) is 1.88. The largest absolute Gasteiger partial charge is 0.383 e. The minimum absolute atomic E-state index is 0.288. The molecule has 0 aromatic carbocycles. The van der Waals surface area contributed by atoms with Crippen LogP contribution in [0.3, 0.4) is 0 Å². The van der Waals surface area contributed by atoms with Gasteiger partial charge < -0.3 is 5.73 Å². The molecule has 1 aromatic heterocycles. The van der Waals surface area contributed by atoms with E-state index in [0.29, 0.717) is 4.90 Å². The Balaban J connectivity index is 3.15. The Morgan fingerprint density at radius 3 is 2.80 bits per heavy atom. The quantitative estimate of drug-likeness (QED) is 0.612. The van der Waals surface area contributed by atoms with E-state index in [1.165, 1.54) is 18.8 Å². The van der Waals surface area contributed by atoms with Gasteiger partial charge in [0.15, 0.2) is 0 Å². The van der Waals surface area contributed by atoms with Gasteiger partial charge in [-0.2, -0.15) is 0 Å². The fourth-order valence-electron chi connectivity index (χ4n) is 0.548.